The maximum atomic E-state index is 10.4. The Morgan fingerprint density at radius 1 is 1.64 bits per heavy atom. The summed E-state index contributed by atoms with van der Waals surface area (Å²) in [5.41, 5.74) is 2.30. The van der Waals surface area contributed by atoms with Gasteiger partial charge in [0.05, 0.1) is 6.26 Å². The Hall–Kier alpha value is -0.590. The number of nitrogens with one attached hydrogen (secondary N) is 1. The van der Waals surface area contributed by atoms with Crippen molar-refractivity contribution in [3.05, 3.63) is 17.5 Å². The summed E-state index contributed by atoms with van der Waals surface area (Å²) >= 11 is 1.36. The highest BCUT2D eigenvalue weighted by atomic mass is 32.2. The Morgan fingerprint density at radius 2 is 2.36 bits per heavy atom. The molecule has 0 saturated carbocycles. The van der Waals surface area contributed by atoms with Crippen LogP contribution in [0.1, 0.15) is 0 Å². The van der Waals surface area contributed by atoms with Gasteiger partial charge in [-0.2, -0.15) is 12.7 Å². The molecule has 11 heavy (non-hydrogen) atoms. The zero-order valence-corrected chi connectivity index (χ0v) is 7.41. The molecule has 0 aromatic carbocycles. The second-order valence-corrected chi connectivity index (χ2v) is 4.39. The molecule has 1 aromatic rings. The second kappa shape index (κ2) is 3.21. The van der Waals surface area contributed by atoms with Crippen LogP contribution in [0.5, 0.6) is 0 Å². The molecule has 0 aliphatic heterocycles. The van der Waals surface area contributed by atoms with E-state index < -0.39 is 10.1 Å². The van der Waals surface area contributed by atoms with E-state index in [1.807, 2.05) is 5.38 Å². The van der Waals surface area contributed by atoms with Crippen LogP contribution in [0.15, 0.2) is 17.5 Å². The minimum absolute atomic E-state index is 0.662. The molecule has 4 nitrogen and oxygen atoms in total. The van der Waals surface area contributed by atoms with Gasteiger partial charge in [0.2, 0.25) is 0 Å². The third-order valence-corrected chi connectivity index (χ3v) is 1.97. The summed E-state index contributed by atoms with van der Waals surface area (Å²) < 4.78 is 25.2. The minimum atomic E-state index is -3.40. The van der Waals surface area contributed by atoms with Gasteiger partial charge >= 0.3 is 0 Å². The van der Waals surface area contributed by atoms with Gasteiger partial charge in [0.25, 0.3) is 10.1 Å². The second-order valence-electron chi connectivity index (χ2n) is 1.87. The van der Waals surface area contributed by atoms with E-state index in [1.54, 1.807) is 12.1 Å². The van der Waals surface area contributed by atoms with Gasteiger partial charge in [0.15, 0.2) is 0 Å². The lowest BCUT2D eigenvalue weighted by molar-refractivity contribution is 0.397. The average molecular weight is 193 g/mol. The lowest BCUT2D eigenvalue weighted by atomic mass is 10.6. The maximum absolute atomic E-state index is 10.4. The van der Waals surface area contributed by atoms with Crippen LogP contribution in [0, 0.1) is 0 Å². The van der Waals surface area contributed by atoms with Crippen molar-refractivity contribution in [3.63, 3.8) is 0 Å². The van der Waals surface area contributed by atoms with Crippen LogP contribution in [0.25, 0.3) is 0 Å². The highest BCUT2D eigenvalue weighted by molar-refractivity contribution is 7.86. The zero-order valence-electron chi connectivity index (χ0n) is 5.77. The predicted octanol–water partition coefficient (Wildman–Crippen LogP) is 1.05. The summed E-state index contributed by atoms with van der Waals surface area (Å²) in [5, 5.41) is 2.48. The van der Waals surface area contributed by atoms with E-state index >= 15 is 0 Å². The SMILES string of the molecule is CS(=O)(=O)ONc1cccs1. The van der Waals surface area contributed by atoms with E-state index in [9.17, 15) is 8.42 Å². The van der Waals surface area contributed by atoms with E-state index in [4.69, 9.17) is 0 Å². The van der Waals surface area contributed by atoms with Gasteiger partial charge < -0.3 is 0 Å². The highest BCUT2D eigenvalue weighted by Crippen LogP contribution is 2.14. The van der Waals surface area contributed by atoms with Gasteiger partial charge in [0, 0.05) is 0 Å². The molecule has 62 valence electrons. The summed E-state index contributed by atoms with van der Waals surface area (Å²) in [6, 6.07) is 3.51. The Labute approximate surface area is 68.9 Å². The van der Waals surface area contributed by atoms with Gasteiger partial charge in [-0.15, -0.1) is 11.3 Å². The first-order chi connectivity index (χ1) is 5.08. The quantitative estimate of drug-likeness (QED) is 0.729. The number of thiophene rings is 1. The number of hydrogen-bond acceptors (Lipinski definition) is 5. The van der Waals surface area contributed by atoms with Crippen molar-refractivity contribution in [2.75, 3.05) is 11.7 Å². The molecule has 6 heteroatoms. The molecule has 1 heterocycles. The normalized spacial score (nSPS) is 11.4. The molecule has 0 saturated heterocycles. The van der Waals surface area contributed by atoms with Crippen molar-refractivity contribution in [3.8, 4) is 0 Å². The molecule has 1 N–H and O–H groups in total. The molecule has 1 rings (SSSR count). The fourth-order valence-electron chi connectivity index (χ4n) is 0.453. The average Bonchev–Trinajstić information content (AvgIpc) is 2.32. The zero-order chi connectivity index (χ0) is 8.32. The Kier molecular flexibility index (Phi) is 2.48. The van der Waals surface area contributed by atoms with E-state index in [-0.39, 0.29) is 0 Å². The predicted molar refractivity (Wildman–Crippen MR) is 43.9 cm³/mol. The first-order valence-corrected chi connectivity index (χ1v) is 5.45. The highest BCUT2D eigenvalue weighted by Gasteiger charge is 2.00. The van der Waals surface area contributed by atoms with Gasteiger partial charge in [-0.1, -0.05) is 0 Å². The van der Waals surface area contributed by atoms with Crippen molar-refractivity contribution in [1.82, 2.24) is 0 Å². The third kappa shape index (κ3) is 3.35. The fourth-order valence-corrected chi connectivity index (χ4v) is 1.30. The van der Waals surface area contributed by atoms with E-state index in [2.05, 4.69) is 9.76 Å². The fraction of sp³-hybridized carbons (Fsp3) is 0.200. The Bertz CT molecular complexity index is 302. The molecule has 0 spiro atoms. The van der Waals surface area contributed by atoms with Crippen molar-refractivity contribution < 1.29 is 12.7 Å². The standard InChI is InChI=1S/C5H7NO3S2/c1-11(7,8)9-6-5-3-2-4-10-5/h2-4,6H,1H3. The van der Waals surface area contributed by atoms with Gasteiger partial charge in [-0.05, 0) is 17.5 Å². The lowest BCUT2D eigenvalue weighted by Crippen LogP contribution is -2.07. The van der Waals surface area contributed by atoms with E-state index in [1.165, 1.54) is 11.3 Å². The minimum Gasteiger partial charge on any atom is -0.239 e. The molecule has 0 aliphatic carbocycles. The van der Waals surface area contributed by atoms with Gasteiger partial charge in [0.1, 0.15) is 5.00 Å². The molecular weight excluding hydrogens is 186 g/mol. The monoisotopic (exact) mass is 193 g/mol. The maximum Gasteiger partial charge on any atom is 0.284 e. The largest absolute Gasteiger partial charge is 0.284 e. The molecule has 0 amide bonds. The van der Waals surface area contributed by atoms with Crippen molar-refractivity contribution in [2.24, 2.45) is 0 Å². The third-order valence-electron chi connectivity index (χ3n) is 0.815. The van der Waals surface area contributed by atoms with Crippen LogP contribution in [-0.4, -0.2) is 14.7 Å². The van der Waals surface area contributed by atoms with Crippen LogP contribution < -0.4 is 5.48 Å². The molecule has 0 aliphatic rings. The van der Waals surface area contributed by atoms with Gasteiger partial charge in [-0.3, -0.25) is 0 Å². The first-order valence-electron chi connectivity index (χ1n) is 2.76. The molecule has 0 fully saturated rings. The summed E-state index contributed by atoms with van der Waals surface area (Å²) in [4.78, 5) is 0. The van der Waals surface area contributed by atoms with Crippen molar-refractivity contribution >= 4 is 26.5 Å². The molecule has 0 bridgehead atoms. The van der Waals surface area contributed by atoms with Gasteiger partial charge in [-0.25, -0.2) is 5.48 Å². The van der Waals surface area contributed by atoms with Crippen LogP contribution in [0.4, 0.5) is 5.00 Å². The van der Waals surface area contributed by atoms with Crippen LogP contribution in [-0.2, 0) is 14.4 Å². The first kappa shape index (κ1) is 8.51. The molecule has 1 aromatic heterocycles. The van der Waals surface area contributed by atoms with E-state index in [0.717, 1.165) is 6.26 Å². The van der Waals surface area contributed by atoms with Crippen molar-refractivity contribution in [1.29, 1.82) is 0 Å². The van der Waals surface area contributed by atoms with E-state index in [0.29, 0.717) is 5.00 Å². The Balaban J connectivity index is 2.48. The number of hydrogen-bond donors (Lipinski definition) is 1. The summed E-state index contributed by atoms with van der Waals surface area (Å²) in [7, 11) is -3.40. The number of anilines is 1. The van der Waals surface area contributed by atoms with Crippen molar-refractivity contribution in [2.45, 2.75) is 0 Å². The van der Waals surface area contributed by atoms with Crippen LogP contribution >= 0.6 is 11.3 Å². The molecule has 0 atom stereocenters. The summed E-state index contributed by atoms with van der Waals surface area (Å²) in [5.74, 6) is 0. The summed E-state index contributed by atoms with van der Waals surface area (Å²) in [6.45, 7) is 0. The topological polar surface area (TPSA) is 55.4 Å². The summed E-state index contributed by atoms with van der Waals surface area (Å²) in [6.07, 6.45) is 0.980. The Morgan fingerprint density at radius 3 is 2.82 bits per heavy atom. The smallest absolute Gasteiger partial charge is 0.239 e. The van der Waals surface area contributed by atoms with Crippen LogP contribution in [0.2, 0.25) is 0 Å². The molecule has 0 unspecified atom stereocenters. The molecule has 0 radical (unpaired) electrons. The molecular formula is C5H7NO3S2. The number of rotatable bonds is 3. The lowest BCUT2D eigenvalue weighted by Gasteiger charge is -1.99. The van der Waals surface area contributed by atoms with Crippen LogP contribution in [0.3, 0.4) is 0 Å².